The van der Waals surface area contributed by atoms with Crippen molar-refractivity contribution in [1.29, 1.82) is 0 Å². The van der Waals surface area contributed by atoms with E-state index in [1.807, 2.05) is 19.9 Å². The van der Waals surface area contributed by atoms with Gasteiger partial charge in [0.25, 0.3) is 5.91 Å². The highest BCUT2D eigenvalue weighted by atomic mass is 32.1. The number of aromatic nitrogens is 4. The van der Waals surface area contributed by atoms with Crippen molar-refractivity contribution in [2.45, 2.75) is 38.8 Å². The van der Waals surface area contributed by atoms with Gasteiger partial charge in [0.15, 0.2) is 11.5 Å². The molecular weight excluding hydrogens is 380 g/mol. The summed E-state index contributed by atoms with van der Waals surface area (Å²) in [6, 6.07) is 1.70. The van der Waals surface area contributed by atoms with Crippen LogP contribution in [0.2, 0.25) is 0 Å². The number of hydrogen-bond donors (Lipinski definition) is 3. The predicted molar refractivity (Wildman–Crippen MR) is 106 cm³/mol. The van der Waals surface area contributed by atoms with Crippen molar-refractivity contribution in [3.05, 3.63) is 30.1 Å². The van der Waals surface area contributed by atoms with E-state index in [1.165, 1.54) is 17.6 Å². The molecule has 3 heterocycles. The van der Waals surface area contributed by atoms with Gasteiger partial charge in [-0.25, -0.2) is 0 Å². The van der Waals surface area contributed by atoms with E-state index >= 15 is 0 Å². The molecule has 0 aliphatic carbocycles. The van der Waals surface area contributed by atoms with Gasteiger partial charge in [-0.15, -0.1) is 10.2 Å². The summed E-state index contributed by atoms with van der Waals surface area (Å²) < 4.78 is 4.18. The number of carbonyl (C=O) groups excluding carboxylic acids is 2. The average Bonchev–Trinajstić information content (AvgIpc) is 3.07. The molecular formula is C17H22N8O2S. The lowest BCUT2D eigenvalue weighted by molar-refractivity contribution is -0.129. The third-order valence-corrected chi connectivity index (χ3v) is 5.35. The Bertz CT molecular complexity index is 899. The van der Waals surface area contributed by atoms with Crippen molar-refractivity contribution in [3.63, 3.8) is 0 Å². The Balaban J connectivity index is 1.82. The first-order valence-electron chi connectivity index (χ1n) is 8.83. The van der Waals surface area contributed by atoms with Gasteiger partial charge in [-0.2, -0.15) is 9.36 Å². The van der Waals surface area contributed by atoms with Crippen LogP contribution in [0.3, 0.4) is 0 Å². The monoisotopic (exact) mass is 402 g/mol. The molecule has 1 saturated heterocycles. The summed E-state index contributed by atoms with van der Waals surface area (Å²) >= 11 is 1.24. The SMILES string of the molecule is C=CC(=O)N1CCC[C@@H](Nc2nnc(C(N)=O)c(Nc3cc(C)ns3)n2)[C@H]1C. The molecule has 3 rings (SSSR count). The highest BCUT2D eigenvalue weighted by Gasteiger charge is 2.30. The molecule has 0 spiro atoms. The van der Waals surface area contributed by atoms with Gasteiger partial charge in [0.2, 0.25) is 11.9 Å². The van der Waals surface area contributed by atoms with Crippen molar-refractivity contribution in [2.24, 2.45) is 5.73 Å². The summed E-state index contributed by atoms with van der Waals surface area (Å²) in [7, 11) is 0. The summed E-state index contributed by atoms with van der Waals surface area (Å²) in [6.07, 6.45) is 3.01. The van der Waals surface area contributed by atoms with Crippen LogP contribution in [0.25, 0.3) is 0 Å². The molecule has 2 atom stereocenters. The van der Waals surface area contributed by atoms with Crippen LogP contribution in [0, 0.1) is 6.92 Å². The molecule has 0 bridgehead atoms. The Morgan fingerprint density at radius 1 is 1.43 bits per heavy atom. The van der Waals surface area contributed by atoms with Gasteiger partial charge < -0.3 is 21.3 Å². The minimum absolute atomic E-state index is 0.0580. The Hall–Kier alpha value is -3.08. The number of nitrogens with two attached hydrogens (primary N) is 1. The molecule has 0 aromatic carbocycles. The van der Waals surface area contributed by atoms with Crippen molar-refractivity contribution in [1.82, 2.24) is 24.5 Å². The molecule has 1 fully saturated rings. The fraction of sp³-hybridized carbons (Fsp3) is 0.412. The van der Waals surface area contributed by atoms with E-state index in [2.05, 4.69) is 36.8 Å². The largest absolute Gasteiger partial charge is 0.364 e. The van der Waals surface area contributed by atoms with Crippen LogP contribution >= 0.6 is 11.5 Å². The lowest BCUT2D eigenvalue weighted by atomic mass is 9.97. The Labute approximate surface area is 166 Å². The highest BCUT2D eigenvalue weighted by Crippen LogP contribution is 2.24. The van der Waals surface area contributed by atoms with Gasteiger partial charge in [-0.3, -0.25) is 9.59 Å². The van der Waals surface area contributed by atoms with E-state index < -0.39 is 5.91 Å². The van der Waals surface area contributed by atoms with Crippen LogP contribution in [0.15, 0.2) is 18.7 Å². The average molecular weight is 402 g/mol. The van der Waals surface area contributed by atoms with Crippen LogP contribution in [-0.2, 0) is 4.79 Å². The number of carbonyl (C=O) groups is 2. The Kier molecular flexibility index (Phi) is 5.83. The standard InChI is InChI=1S/C17H22N8O2S/c1-4-13(26)25-7-5-6-11(10(25)3)19-17-21-16(14(15(18)27)22-23-17)20-12-8-9(2)24-28-12/h4,8,10-11H,1,5-7H2,2-3H3,(H2,18,27)(H2,19,20,21,23)/t10-,11-/m1/s1. The summed E-state index contributed by atoms with van der Waals surface area (Å²) in [5.41, 5.74) is 6.17. The van der Waals surface area contributed by atoms with Crippen molar-refractivity contribution in [3.8, 4) is 0 Å². The maximum atomic E-state index is 12.0. The van der Waals surface area contributed by atoms with E-state index in [1.54, 1.807) is 4.90 Å². The number of piperidine rings is 1. The van der Waals surface area contributed by atoms with Crippen molar-refractivity contribution in [2.75, 3.05) is 17.2 Å². The zero-order valence-electron chi connectivity index (χ0n) is 15.7. The van der Waals surface area contributed by atoms with E-state index in [0.717, 1.165) is 18.5 Å². The van der Waals surface area contributed by atoms with Gasteiger partial charge in [0.1, 0.15) is 5.00 Å². The second kappa shape index (κ2) is 8.30. The maximum Gasteiger partial charge on any atom is 0.273 e. The molecule has 0 unspecified atom stereocenters. The molecule has 28 heavy (non-hydrogen) atoms. The van der Waals surface area contributed by atoms with E-state index in [-0.39, 0.29) is 35.5 Å². The molecule has 10 nitrogen and oxygen atoms in total. The van der Waals surface area contributed by atoms with Gasteiger partial charge in [-0.1, -0.05) is 6.58 Å². The van der Waals surface area contributed by atoms with Crippen LogP contribution < -0.4 is 16.4 Å². The van der Waals surface area contributed by atoms with Crippen LogP contribution in [0.5, 0.6) is 0 Å². The Morgan fingerprint density at radius 2 is 2.21 bits per heavy atom. The minimum atomic E-state index is -0.732. The number of nitrogens with one attached hydrogen (secondary N) is 2. The molecule has 1 aliphatic heterocycles. The number of primary amides is 1. The fourth-order valence-electron chi connectivity index (χ4n) is 3.11. The van der Waals surface area contributed by atoms with Gasteiger partial charge in [0.05, 0.1) is 5.69 Å². The third kappa shape index (κ3) is 4.25. The van der Waals surface area contributed by atoms with E-state index in [9.17, 15) is 9.59 Å². The molecule has 0 saturated carbocycles. The molecule has 1 aliphatic rings. The van der Waals surface area contributed by atoms with Crippen LogP contribution in [-0.4, -0.2) is 54.9 Å². The second-order valence-electron chi connectivity index (χ2n) is 6.52. The molecule has 2 amide bonds. The maximum absolute atomic E-state index is 12.0. The van der Waals surface area contributed by atoms with Gasteiger partial charge in [-0.05, 0) is 50.4 Å². The zero-order chi connectivity index (χ0) is 20.3. The van der Waals surface area contributed by atoms with E-state index in [0.29, 0.717) is 11.5 Å². The second-order valence-corrected chi connectivity index (χ2v) is 7.33. The predicted octanol–water partition coefficient (Wildman–Crippen LogP) is 1.46. The third-order valence-electron chi connectivity index (χ3n) is 4.55. The first-order valence-corrected chi connectivity index (χ1v) is 9.60. The number of likely N-dealkylation sites (tertiary alicyclic amines) is 1. The van der Waals surface area contributed by atoms with Crippen LogP contribution in [0.1, 0.15) is 35.9 Å². The summed E-state index contributed by atoms with van der Waals surface area (Å²) in [5.74, 6) is -0.385. The first-order chi connectivity index (χ1) is 13.4. The quantitative estimate of drug-likeness (QED) is 0.617. The number of amides is 2. The van der Waals surface area contributed by atoms with Gasteiger partial charge in [0, 0.05) is 18.6 Å². The number of anilines is 3. The normalized spacial score (nSPS) is 19.1. The zero-order valence-corrected chi connectivity index (χ0v) is 16.5. The van der Waals surface area contributed by atoms with E-state index in [4.69, 9.17) is 5.73 Å². The lowest BCUT2D eigenvalue weighted by Gasteiger charge is -2.39. The van der Waals surface area contributed by atoms with Gasteiger partial charge >= 0.3 is 0 Å². The van der Waals surface area contributed by atoms with Crippen LogP contribution in [0.4, 0.5) is 16.8 Å². The summed E-state index contributed by atoms with van der Waals surface area (Å²) in [5, 5.41) is 14.8. The minimum Gasteiger partial charge on any atom is -0.364 e. The smallest absolute Gasteiger partial charge is 0.273 e. The van der Waals surface area contributed by atoms with Crippen molar-refractivity contribution >= 4 is 40.1 Å². The first kappa shape index (κ1) is 19.7. The number of rotatable bonds is 6. The fourth-order valence-corrected chi connectivity index (χ4v) is 3.77. The van der Waals surface area contributed by atoms with Crippen molar-refractivity contribution < 1.29 is 9.59 Å². The number of hydrogen-bond acceptors (Lipinski definition) is 9. The summed E-state index contributed by atoms with van der Waals surface area (Å²) in [4.78, 5) is 29.8. The number of aryl methyl sites for hydroxylation is 1. The summed E-state index contributed by atoms with van der Waals surface area (Å²) in [6.45, 7) is 8.06. The highest BCUT2D eigenvalue weighted by molar-refractivity contribution is 7.10. The topological polar surface area (TPSA) is 139 Å². The molecule has 2 aromatic heterocycles. The molecule has 11 heteroatoms. The molecule has 2 aromatic rings. The molecule has 0 radical (unpaired) electrons. The Morgan fingerprint density at radius 3 is 2.86 bits per heavy atom. The lowest BCUT2D eigenvalue weighted by Crippen LogP contribution is -2.51. The molecule has 148 valence electrons. The number of nitrogens with zero attached hydrogens (tertiary/aromatic N) is 5. The molecule has 4 N–H and O–H groups in total.